The molecular formula is C29H35N3O3. The highest BCUT2D eigenvalue weighted by Crippen LogP contribution is 2.35. The van der Waals surface area contributed by atoms with E-state index < -0.39 is 0 Å². The number of benzene rings is 2. The van der Waals surface area contributed by atoms with Crippen LogP contribution in [0.5, 0.6) is 11.5 Å². The molecule has 0 radical (unpaired) electrons. The number of aromatic nitrogens is 1. The summed E-state index contributed by atoms with van der Waals surface area (Å²) in [5.74, 6) is 1.99. The molecule has 0 unspecified atom stereocenters. The predicted molar refractivity (Wildman–Crippen MR) is 139 cm³/mol. The maximum Gasteiger partial charge on any atom is 0.222 e. The average molecular weight is 474 g/mol. The smallest absolute Gasteiger partial charge is 0.222 e. The van der Waals surface area contributed by atoms with E-state index in [2.05, 4.69) is 40.2 Å². The van der Waals surface area contributed by atoms with Crippen molar-refractivity contribution in [3.05, 3.63) is 54.7 Å². The summed E-state index contributed by atoms with van der Waals surface area (Å²) in [7, 11) is 0. The van der Waals surface area contributed by atoms with E-state index in [-0.39, 0.29) is 12.0 Å². The molecule has 0 N–H and O–H groups in total. The van der Waals surface area contributed by atoms with Crippen LogP contribution >= 0.6 is 0 Å². The molecule has 3 heterocycles. The highest BCUT2D eigenvalue weighted by molar-refractivity contribution is 5.88. The molecule has 6 heteroatoms. The number of hydrogen-bond acceptors (Lipinski definition) is 5. The number of amides is 1. The van der Waals surface area contributed by atoms with Crippen LogP contribution in [0.3, 0.4) is 0 Å². The van der Waals surface area contributed by atoms with Crippen molar-refractivity contribution in [3.8, 4) is 22.6 Å². The molecule has 2 aliphatic rings. The zero-order valence-corrected chi connectivity index (χ0v) is 20.6. The minimum Gasteiger partial charge on any atom is -0.492 e. The summed E-state index contributed by atoms with van der Waals surface area (Å²) < 4.78 is 12.6. The van der Waals surface area contributed by atoms with Crippen LogP contribution in [0.1, 0.15) is 39.0 Å². The van der Waals surface area contributed by atoms with Crippen LogP contribution in [0, 0.1) is 0 Å². The van der Waals surface area contributed by atoms with Gasteiger partial charge >= 0.3 is 0 Å². The Kier molecular flexibility index (Phi) is 7.48. The van der Waals surface area contributed by atoms with E-state index in [1.807, 2.05) is 36.2 Å². The Morgan fingerprint density at radius 3 is 2.54 bits per heavy atom. The maximum atomic E-state index is 11.9. The van der Waals surface area contributed by atoms with Crippen molar-refractivity contribution in [3.63, 3.8) is 0 Å². The highest BCUT2D eigenvalue weighted by Gasteiger charge is 2.23. The normalized spacial score (nSPS) is 17.1. The number of carbonyl (C=O) groups excluding carboxylic acids is 1. The Bertz CT molecular complexity index is 1130. The van der Waals surface area contributed by atoms with Gasteiger partial charge in [-0.15, -0.1) is 0 Å². The number of rotatable bonds is 8. The number of fused-ring (bicyclic) bond motifs is 1. The third-order valence-corrected chi connectivity index (χ3v) is 7.13. The van der Waals surface area contributed by atoms with Gasteiger partial charge in [0.1, 0.15) is 24.2 Å². The molecule has 5 rings (SSSR count). The Hall–Kier alpha value is -3.12. The van der Waals surface area contributed by atoms with E-state index >= 15 is 0 Å². The summed E-state index contributed by atoms with van der Waals surface area (Å²) in [5.41, 5.74) is 3.10. The second-order valence-electron chi connectivity index (χ2n) is 9.52. The lowest BCUT2D eigenvalue weighted by molar-refractivity contribution is -0.132. The second kappa shape index (κ2) is 11.1. The van der Waals surface area contributed by atoms with Crippen LogP contribution in [-0.4, -0.2) is 66.1 Å². The largest absolute Gasteiger partial charge is 0.492 e. The fourth-order valence-electron chi connectivity index (χ4n) is 5.09. The van der Waals surface area contributed by atoms with Crippen molar-refractivity contribution >= 4 is 16.8 Å². The lowest BCUT2D eigenvalue weighted by Gasteiger charge is -2.32. The van der Waals surface area contributed by atoms with Gasteiger partial charge in [-0.3, -0.25) is 14.7 Å². The van der Waals surface area contributed by atoms with E-state index in [1.165, 1.54) is 25.9 Å². The molecule has 2 aliphatic heterocycles. The lowest BCUT2D eigenvalue weighted by atomic mass is 10.0. The van der Waals surface area contributed by atoms with Crippen molar-refractivity contribution in [2.24, 2.45) is 0 Å². The van der Waals surface area contributed by atoms with Crippen LogP contribution in [0.4, 0.5) is 0 Å². The van der Waals surface area contributed by atoms with Gasteiger partial charge in [-0.25, -0.2) is 0 Å². The first-order chi connectivity index (χ1) is 17.2. The number of likely N-dealkylation sites (tertiary alicyclic amines) is 2. The number of hydrogen-bond donors (Lipinski definition) is 0. The molecular weight excluding hydrogens is 438 g/mol. The zero-order chi connectivity index (χ0) is 24.0. The van der Waals surface area contributed by atoms with Gasteiger partial charge in [-0.05, 0) is 61.8 Å². The van der Waals surface area contributed by atoms with Crippen molar-refractivity contribution in [1.82, 2.24) is 14.8 Å². The van der Waals surface area contributed by atoms with Crippen molar-refractivity contribution in [2.75, 3.05) is 39.3 Å². The van der Waals surface area contributed by atoms with Gasteiger partial charge in [-0.1, -0.05) is 25.1 Å². The first-order valence-corrected chi connectivity index (χ1v) is 13.0. The molecule has 1 amide bonds. The fraction of sp³-hybridized carbons (Fsp3) is 0.448. The molecule has 3 aromatic rings. The number of carbonyl (C=O) groups is 1. The molecule has 35 heavy (non-hydrogen) atoms. The SMILES string of the molecule is CCC(=O)N1CCC(Oc2ccc(-c3cc4ncccc4cc3OCCN3CCCC3)cc2)CC1. The van der Waals surface area contributed by atoms with E-state index in [0.29, 0.717) is 13.0 Å². The summed E-state index contributed by atoms with van der Waals surface area (Å²) in [6, 6.07) is 16.5. The van der Waals surface area contributed by atoms with Crippen LogP contribution < -0.4 is 9.47 Å². The highest BCUT2D eigenvalue weighted by atomic mass is 16.5. The standard InChI is InChI=1S/C29H35N3O3/c1-2-29(33)32-16-11-25(12-17-32)35-24-9-7-22(8-10-24)26-21-27-23(6-5-13-30-27)20-28(26)34-19-18-31-14-3-4-15-31/h5-10,13,20-21,25H,2-4,11-12,14-19H2,1H3. The fourth-order valence-corrected chi connectivity index (χ4v) is 5.09. The summed E-state index contributed by atoms with van der Waals surface area (Å²) in [4.78, 5) is 20.9. The van der Waals surface area contributed by atoms with Gasteiger partial charge < -0.3 is 14.4 Å². The van der Waals surface area contributed by atoms with Gasteiger partial charge in [0, 0.05) is 56.0 Å². The van der Waals surface area contributed by atoms with E-state index in [4.69, 9.17) is 9.47 Å². The minimum absolute atomic E-state index is 0.149. The van der Waals surface area contributed by atoms with Gasteiger partial charge in [0.05, 0.1) is 5.52 Å². The van der Waals surface area contributed by atoms with Crippen molar-refractivity contribution in [2.45, 2.75) is 45.1 Å². The summed E-state index contributed by atoms with van der Waals surface area (Å²) in [6.45, 7) is 7.46. The van der Waals surface area contributed by atoms with Gasteiger partial charge in [0.25, 0.3) is 0 Å². The molecule has 2 saturated heterocycles. The molecule has 0 bridgehead atoms. The van der Waals surface area contributed by atoms with E-state index in [1.54, 1.807) is 0 Å². The summed E-state index contributed by atoms with van der Waals surface area (Å²) >= 11 is 0. The molecule has 0 saturated carbocycles. The van der Waals surface area contributed by atoms with Gasteiger partial charge in [-0.2, -0.15) is 0 Å². The Labute approximate surface area is 207 Å². The third-order valence-electron chi connectivity index (χ3n) is 7.13. The van der Waals surface area contributed by atoms with Crippen LogP contribution in [0.25, 0.3) is 22.0 Å². The molecule has 184 valence electrons. The molecule has 0 spiro atoms. The number of piperidine rings is 1. The average Bonchev–Trinajstić information content (AvgIpc) is 3.42. The summed E-state index contributed by atoms with van der Waals surface area (Å²) in [5, 5.41) is 1.08. The topological polar surface area (TPSA) is 54.9 Å². The Balaban J connectivity index is 1.28. The molecule has 1 aromatic heterocycles. The first-order valence-electron chi connectivity index (χ1n) is 13.0. The number of ether oxygens (including phenoxy) is 2. The monoisotopic (exact) mass is 473 g/mol. The van der Waals surface area contributed by atoms with Crippen LogP contribution in [-0.2, 0) is 4.79 Å². The molecule has 2 fully saturated rings. The van der Waals surface area contributed by atoms with Crippen LogP contribution in [0.2, 0.25) is 0 Å². The quantitative estimate of drug-likeness (QED) is 0.453. The Morgan fingerprint density at radius 1 is 1.03 bits per heavy atom. The van der Waals surface area contributed by atoms with E-state index in [0.717, 1.165) is 66.0 Å². The second-order valence-corrected chi connectivity index (χ2v) is 9.52. The first kappa shape index (κ1) is 23.6. The van der Waals surface area contributed by atoms with Crippen LogP contribution in [0.15, 0.2) is 54.7 Å². The zero-order valence-electron chi connectivity index (χ0n) is 20.6. The van der Waals surface area contributed by atoms with Crippen molar-refractivity contribution in [1.29, 1.82) is 0 Å². The van der Waals surface area contributed by atoms with Gasteiger partial charge in [0.15, 0.2) is 0 Å². The third kappa shape index (κ3) is 5.76. The van der Waals surface area contributed by atoms with Gasteiger partial charge in [0.2, 0.25) is 5.91 Å². The predicted octanol–water partition coefficient (Wildman–Crippen LogP) is 5.16. The molecule has 0 atom stereocenters. The number of pyridine rings is 1. The van der Waals surface area contributed by atoms with Crippen molar-refractivity contribution < 1.29 is 14.3 Å². The molecule has 2 aromatic carbocycles. The number of nitrogens with zero attached hydrogens (tertiary/aromatic N) is 3. The molecule has 6 nitrogen and oxygen atoms in total. The molecule has 0 aliphatic carbocycles. The Morgan fingerprint density at radius 2 is 1.80 bits per heavy atom. The summed E-state index contributed by atoms with van der Waals surface area (Å²) in [6.07, 6.45) is 6.88. The lowest BCUT2D eigenvalue weighted by Crippen LogP contribution is -2.41. The minimum atomic E-state index is 0.149. The van der Waals surface area contributed by atoms with E-state index in [9.17, 15) is 4.79 Å². The maximum absolute atomic E-state index is 11.9.